The Morgan fingerprint density at radius 2 is 1.77 bits per heavy atom. The molecule has 3 heterocycles. The number of benzene rings is 2. The highest BCUT2D eigenvalue weighted by molar-refractivity contribution is 7.80. The highest BCUT2D eigenvalue weighted by atomic mass is 32.1. The summed E-state index contributed by atoms with van der Waals surface area (Å²) in [7, 11) is 1.72. The van der Waals surface area contributed by atoms with Crippen LogP contribution in [0.1, 0.15) is 29.0 Å². The molecule has 7 heteroatoms. The van der Waals surface area contributed by atoms with Gasteiger partial charge in [0.2, 0.25) is 0 Å². The van der Waals surface area contributed by atoms with Crippen LogP contribution < -0.4 is 15.0 Å². The minimum absolute atomic E-state index is 0.0765. The molecular weight excluding hydrogens is 456 g/mol. The summed E-state index contributed by atoms with van der Waals surface area (Å²) in [6.07, 6.45) is 3.91. The molecule has 35 heavy (non-hydrogen) atoms. The SMILES string of the molecule is COCCn1cccc1[C@H]1[C@@H](c2ccccn2)NC(=S)N1c1ccc(Oc2ccccc2C)cc1. The van der Waals surface area contributed by atoms with Crippen LogP contribution >= 0.6 is 12.2 Å². The molecule has 2 atom stereocenters. The quantitative estimate of drug-likeness (QED) is 0.319. The van der Waals surface area contributed by atoms with Crippen molar-refractivity contribution < 1.29 is 9.47 Å². The number of rotatable bonds is 8. The third-order valence-corrected chi connectivity index (χ3v) is 6.55. The van der Waals surface area contributed by atoms with E-state index < -0.39 is 0 Å². The van der Waals surface area contributed by atoms with Crippen LogP contribution in [0.4, 0.5) is 5.69 Å². The fraction of sp³-hybridized carbons (Fsp3) is 0.214. The average Bonchev–Trinajstić information content (AvgIpc) is 3.49. The average molecular weight is 485 g/mol. The van der Waals surface area contributed by atoms with E-state index in [2.05, 4.69) is 50.2 Å². The highest BCUT2D eigenvalue weighted by Crippen LogP contribution is 2.42. The van der Waals surface area contributed by atoms with Gasteiger partial charge in [-0.2, -0.15) is 0 Å². The fourth-order valence-corrected chi connectivity index (χ4v) is 4.84. The molecule has 1 N–H and O–H groups in total. The second-order valence-corrected chi connectivity index (χ2v) is 8.86. The molecule has 0 radical (unpaired) electrons. The number of ether oxygens (including phenoxy) is 2. The number of hydrogen-bond donors (Lipinski definition) is 1. The lowest BCUT2D eigenvalue weighted by molar-refractivity contribution is 0.186. The van der Waals surface area contributed by atoms with Crippen LogP contribution in [0.3, 0.4) is 0 Å². The topological polar surface area (TPSA) is 51.5 Å². The van der Waals surface area contributed by atoms with E-state index in [1.807, 2.05) is 67.7 Å². The number of aromatic nitrogens is 2. The van der Waals surface area contributed by atoms with Crippen LogP contribution in [-0.2, 0) is 11.3 Å². The van der Waals surface area contributed by atoms with Crippen molar-refractivity contribution in [1.29, 1.82) is 0 Å². The van der Waals surface area contributed by atoms with E-state index in [0.29, 0.717) is 11.7 Å². The van der Waals surface area contributed by atoms with Gasteiger partial charge in [0.25, 0.3) is 0 Å². The fourth-order valence-electron chi connectivity index (χ4n) is 4.50. The van der Waals surface area contributed by atoms with Crippen molar-refractivity contribution in [1.82, 2.24) is 14.9 Å². The van der Waals surface area contributed by atoms with Crippen LogP contribution in [-0.4, -0.2) is 28.4 Å². The Morgan fingerprint density at radius 3 is 2.51 bits per heavy atom. The number of aryl methyl sites for hydroxylation is 1. The largest absolute Gasteiger partial charge is 0.457 e. The Morgan fingerprint density at radius 1 is 0.971 bits per heavy atom. The van der Waals surface area contributed by atoms with Crippen molar-refractivity contribution in [3.8, 4) is 11.5 Å². The lowest BCUT2D eigenvalue weighted by Crippen LogP contribution is -2.30. The Bertz CT molecular complexity index is 1290. The van der Waals surface area contributed by atoms with Gasteiger partial charge in [0, 0.05) is 37.4 Å². The molecular formula is C28H28N4O2S. The van der Waals surface area contributed by atoms with E-state index in [-0.39, 0.29) is 12.1 Å². The zero-order valence-corrected chi connectivity index (χ0v) is 20.6. The summed E-state index contributed by atoms with van der Waals surface area (Å²) in [4.78, 5) is 6.81. The summed E-state index contributed by atoms with van der Waals surface area (Å²) in [5, 5.41) is 4.19. The minimum Gasteiger partial charge on any atom is -0.457 e. The van der Waals surface area contributed by atoms with Gasteiger partial charge in [-0.3, -0.25) is 4.98 Å². The van der Waals surface area contributed by atoms with Crippen molar-refractivity contribution >= 4 is 23.0 Å². The maximum atomic E-state index is 6.11. The number of nitrogens with zero attached hydrogens (tertiary/aromatic N) is 3. The predicted molar refractivity (Wildman–Crippen MR) is 142 cm³/mol. The first-order valence-electron chi connectivity index (χ1n) is 11.6. The van der Waals surface area contributed by atoms with Gasteiger partial charge < -0.3 is 24.3 Å². The van der Waals surface area contributed by atoms with Crippen molar-refractivity contribution in [2.45, 2.75) is 25.6 Å². The van der Waals surface area contributed by atoms with Gasteiger partial charge in [0.05, 0.1) is 18.3 Å². The van der Waals surface area contributed by atoms with Gasteiger partial charge in [-0.15, -0.1) is 0 Å². The maximum absolute atomic E-state index is 6.11. The van der Waals surface area contributed by atoms with Gasteiger partial charge in [0.15, 0.2) is 5.11 Å². The third-order valence-electron chi connectivity index (χ3n) is 6.24. The molecule has 1 saturated heterocycles. The Labute approximate surface area is 211 Å². The molecule has 5 rings (SSSR count). The first kappa shape index (κ1) is 23.1. The summed E-state index contributed by atoms with van der Waals surface area (Å²) in [5.41, 5.74) is 4.17. The Balaban J connectivity index is 1.49. The summed E-state index contributed by atoms with van der Waals surface area (Å²) < 4.78 is 13.7. The molecule has 0 unspecified atom stereocenters. The molecule has 6 nitrogen and oxygen atoms in total. The normalized spacial score (nSPS) is 17.4. The van der Waals surface area contributed by atoms with Crippen molar-refractivity contribution in [2.75, 3.05) is 18.6 Å². The minimum atomic E-state index is -0.0946. The molecule has 0 spiro atoms. The van der Waals surface area contributed by atoms with Crippen molar-refractivity contribution in [3.05, 3.63) is 108 Å². The molecule has 0 amide bonds. The van der Waals surface area contributed by atoms with E-state index in [4.69, 9.17) is 21.7 Å². The van der Waals surface area contributed by atoms with Crippen molar-refractivity contribution in [3.63, 3.8) is 0 Å². The van der Waals surface area contributed by atoms with Gasteiger partial charge in [0.1, 0.15) is 17.5 Å². The summed E-state index contributed by atoms with van der Waals surface area (Å²) in [6.45, 7) is 3.43. The molecule has 1 aliphatic heterocycles. The smallest absolute Gasteiger partial charge is 0.174 e. The van der Waals surface area contributed by atoms with E-state index in [9.17, 15) is 0 Å². The second kappa shape index (κ2) is 10.3. The van der Waals surface area contributed by atoms with Gasteiger partial charge in [-0.05, 0) is 79.3 Å². The second-order valence-electron chi connectivity index (χ2n) is 8.48. The maximum Gasteiger partial charge on any atom is 0.174 e. The van der Waals surface area contributed by atoms with Crippen LogP contribution in [0.15, 0.2) is 91.3 Å². The summed E-state index contributed by atoms with van der Waals surface area (Å²) >= 11 is 5.86. The molecule has 1 aliphatic rings. The standard InChI is InChI=1S/C28H28N4O2S/c1-20-8-3-4-11-25(20)34-22-14-12-21(13-15-22)32-27(24-10-7-17-31(24)18-19-33-2)26(30-28(32)35)23-9-5-6-16-29-23/h3-17,26-27H,18-19H2,1-2H3,(H,30,35)/t26-,27+/m1/s1. The lowest BCUT2D eigenvalue weighted by Gasteiger charge is -2.29. The molecule has 0 saturated carbocycles. The zero-order valence-electron chi connectivity index (χ0n) is 19.8. The molecule has 1 fully saturated rings. The first-order chi connectivity index (χ1) is 17.2. The molecule has 2 aromatic carbocycles. The number of methoxy groups -OCH3 is 1. The third kappa shape index (κ3) is 4.78. The van der Waals surface area contributed by atoms with Gasteiger partial charge in [-0.25, -0.2) is 0 Å². The zero-order chi connectivity index (χ0) is 24.2. The molecule has 4 aromatic rings. The summed E-state index contributed by atoms with van der Waals surface area (Å²) in [6, 6.07) is 26.1. The van der Waals surface area contributed by atoms with Crippen LogP contribution in [0, 0.1) is 6.92 Å². The Kier molecular flexibility index (Phi) is 6.79. The van der Waals surface area contributed by atoms with E-state index >= 15 is 0 Å². The summed E-state index contributed by atoms with van der Waals surface area (Å²) in [5.74, 6) is 1.63. The number of para-hydroxylation sites is 1. The van der Waals surface area contributed by atoms with E-state index in [0.717, 1.165) is 40.7 Å². The Hall–Kier alpha value is -3.68. The monoisotopic (exact) mass is 484 g/mol. The lowest BCUT2D eigenvalue weighted by atomic mass is 10.0. The number of hydrogen-bond acceptors (Lipinski definition) is 4. The number of nitrogens with one attached hydrogen (secondary N) is 1. The highest BCUT2D eigenvalue weighted by Gasteiger charge is 2.42. The number of thiocarbonyl (C=S) groups is 1. The van der Waals surface area contributed by atoms with Crippen LogP contribution in [0.25, 0.3) is 0 Å². The predicted octanol–water partition coefficient (Wildman–Crippen LogP) is 5.81. The van der Waals surface area contributed by atoms with Gasteiger partial charge >= 0.3 is 0 Å². The molecule has 178 valence electrons. The van der Waals surface area contributed by atoms with Gasteiger partial charge in [-0.1, -0.05) is 24.3 Å². The first-order valence-corrected chi connectivity index (χ1v) is 12.0. The van der Waals surface area contributed by atoms with Crippen LogP contribution in [0.5, 0.6) is 11.5 Å². The number of pyridine rings is 1. The molecule has 0 aliphatic carbocycles. The van der Waals surface area contributed by atoms with E-state index in [1.54, 1.807) is 7.11 Å². The van der Waals surface area contributed by atoms with E-state index in [1.165, 1.54) is 0 Å². The van der Waals surface area contributed by atoms with Crippen molar-refractivity contribution in [2.24, 2.45) is 0 Å². The number of anilines is 1. The molecule has 0 bridgehead atoms. The van der Waals surface area contributed by atoms with Crippen LogP contribution in [0.2, 0.25) is 0 Å². The molecule has 2 aromatic heterocycles.